The fraction of sp³-hybridized carbons (Fsp3) is 0.273. The molecule has 4 nitrogen and oxygen atoms in total. The number of nitrogens with one attached hydrogen (secondary N) is 2. The molecule has 0 saturated heterocycles. The van der Waals surface area contributed by atoms with Gasteiger partial charge in [0.25, 0.3) is 5.56 Å². The van der Waals surface area contributed by atoms with Crippen molar-refractivity contribution in [1.82, 2.24) is 4.98 Å². The molecule has 2 N–H and O–H groups in total. The van der Waals surface area contributed by atoms with E-state index in [1.807, 2.05) is 26.0 Å². The van der Waals surface area contributed by atoms with Crippen LogP contribution in [0.4, 0.5) is 5.69 Å². The van der Waals surface area contributed by atoms with Gasteiger partial charge in [0.15, 0.2) is 0 Å². The Morgan fingerprint density at radius 2 is 2.14 bits per heavy atom. The molecule has 1 heterocycles. The Morgan fingerprint density at radius 1 is 1.36 bits per heavy atom. The van der Waals surface area contributed by atoms with Gasteiger partial charge in [-0.05, 0) is 35.1 Å². The summed E-state index contributed by atoms with van der Waals surface area (Å²) in [5, 5.41) is 4.05. The maximum atomic E-state index is 13.1. The summed E-state index contributed by atoms with van der Waals surface area (Å²) in [4.78, 5) is 27.6. The Labute approximate surface area is 173 Å². The third-order valence-corrected chi connectivity index (χ3v) is 5.13. The standard InChI is InChI=1S/C22H20Cl2N2O2/c1-13(2)20(14-5-3-4-6-16(23)8-7-14)22(28)26-19-11-15-9-10-25-21(27)17(15)12-18(19)24/h5,7-13,16,20H,3H2,1-2H3,(H,25,27)(H,26,28). The predicted octanol–water partition coefficient (Wildman–Crippen LogP) is 4.89. The van der Waals surface area contributed by atoms with Gasteiger partial charge in [-0.2, -0.15) is 0 Å². The molecule has 1 aliphatic carbocycles. The summed E-state index contributed by atoms with van der Waals surface area (Å²) in [6.07, 6.45) is 7.72. The summed E-state index contributed by atoms with van der Waals surface area (Å²) in [6, 6.07) is 5.05. The number of anilines is 1. The molecule has 0 bridgehead atoms. The summed E-state index contributed by atoms with van der Waals surface area (Å²) in [5.74, 6) is 5.40. The van der Waals surface area contributed by atoms with E-state index in [-0.39, 0.29) is 28.7 Å². The summed E-state index contributed by atoms with van der Waals surface area (Å²) < 4.78 is 0. The Morgan fingerprint density at radius 3 is 2.89 bits per heavy atom. The van der Waals surface area contributed by atoms with Crippen LogP contribution in [0.3, 0.4) is 0 Å². The minimum Gasteiger partial charge on any atom is -0.329 e. The lowest BCUT2D eigenvalue weighted by Gasteiger charge is -2.22. The van der Waals surface area contributed by atoms with Crippen molar-refractivity contribution >= 4 is 45.6 Å². The van der Waals surface area contributed by atoms with E-state index in [0.717, 1.165) is 5.57 Å². The quantitative estimate of drug-likeness (QED) is 0.552. The number of pyridine rings is 1. The Balaban J connectivity index is 1.93. The SMILES string of the molecule is CC(C)C(C(=O)Nc1cc2cc[nH]c(=O)c2cc1Cl)C1=CCC#CC(Cl)C=C1. The second kappa shape index (κ2) is 8.68. The average molecular weight is 415 g/mol. The molecule has 1 amide bonds. The van der Waals surface area contributed by atoms with Gasteiger partial charge in [0, 0.05) is 18.0 Å². The highest BCUT2D eigenvalue weighted by Crippen LogP contribution is 2.30. The predicted molar refractivity (Wildman–Crippen MR) is 116 cm³/mol. The minimum atomic E-state index is -0.383. The number of halogens is 2. The number of benzene rings is 1. The van der Waals surface area contributed by atoms with Crippen LogP contribution in [0.15, 0.2) is 53.0 Å². The third-order valence-electron chi connectivity index (χ3n) is 4.56. The lowest BCUT2D eigenvalue weighted by atomic mass is 9.85. The van der Waals surface area contributed by atoms with E-state index in [2.05, 4.69) is 22.1 Å². The van der Waals surface area contributed by atoms with Gasteiger partial charge in [-0.15, -0.1) is 11.6 Å². The average Bonchev–Trinajstić information content (AvgIpc) is 2.62. The first-order valence-electron chi connectivity index (χ1n) is 8.99. The number of rotatable bonds is 4. The van der Waals surface area contributed by atoms with Gasteiger partial charge in [-0.3, -0.25) is 9.59 Å². The van der Waals surface area contributed by atoms with Gasteiger partial charge in [-0.1, -0.05) is 55.5 Å². The first-order chi connectivity index (χ1) is 13.4. The summed E-state index contributed by atoms with van der Waals surface area (Å²) >= 11 is 12.4. The topological polar surface area (TPSA) is 62.0 Å². The Hall–Kier alpha value is -2.48. The summed E-state index contributed by atoms with van der Waals surface area (Å²) in [5.41, 5.74) is 1.13. The van der Waals surface area contributed by atoms with Crippen molar-refractivity contribution in [3.8, 4) is 11.8 Å². The number of carbonyl (C=O) groups excluding carboxylic acids is 1. The number of amides is 1. The van der Waals surface area contributed by atoms with Gasteiger partial charge in [0.2, 0.25) is 5.91 Å². The molecule has 2 atom stereocenters. The number of aromatic nitrogens is 1. The fourth-order valence-electron chi connectivity index (χ4n) is 3.22. The second-order valence-corrected chi connectivity index (χ2v) is 7.80. The summed E-state index contributed by atoms with van der Waals surface area (Å²) in [7, 11) is 0. The maximum absolute atomic E-state index is 13.1. The van der Waals surface area contributed by atoms with Crippen LogP contribution in [0.1, 0.15) is 20.3 Å². The largest absolute Gasteiger partial charge is 0.329 e. The van der Waals surface area contributed by atoms with E-state index in [0.29, 0.717) is 27.9 Å². The van der Waals surface area contributed by atoms with Crippen molar-refractivity contribution in [2.45, 2.75) is 25.6 Å². The molecule has 6 heteroatoms. The van der Waals surface area contributed by atoms with Gasteiger partial charge < -0.3 is 10.3 Å². The number of aromatic amines is 1. The molecule has 1 aromatic heterocycles. The number of carbonyl (C=O) groups is 1. The van der Waals surface area contributed by atoms with Crippen molar-refractivity contribution in [1.29, 1.82) is 0 Å². The summed E-state index contributed by atoms with van der Waals surface area (Å²) in [6.45, 7) is 3.98. The molecule has 0 fully saturated rings. The van der Waals surface area contributed by atoms with E-state index in [1.54, 1.807) is 30.5 Å². The number of H-pyrrole nitrogens is 1. The van der Waals surface area contributed by atoms with Crippen LogP contribution in [-0.4, -0.2) is 16.3 Å². The molecule has 2 aromatic rings. The first kappa shape index (κ1) is 20.3. The van der Waals surface area contributed by atoms with E-state index >= 15 is 0 Å². The molecule has 0 radical (unpaired) electrons. The molecular formula is C22H20Cl2N2O2. The molecule has 0 aliphatic heterocycles. The number of hydrogen-bond donors (Lipinski definition) is 2. The van der Waals surface area contributed by atoms with Crippen molar-refractivity contribution in [2.24, 2.45) is 11.8 Å². The number of allylic oxidation sites excluding steroid dienone is 3. The fourth-order valence-corrected chi connectivity index (χ4v) is 3.58. The van der Waals surface area contributed by atoms with Gasteiger partial charge in [0.1, 0.15) is 5.38 Å². The van der Waals surface area contributed by atoms with Crippen LogP contribution in [0.2, 0.25) is 5.02 Å². The van der Waals surface area contributed by atoms with Crippen molar-refractivity contribution in [3.63, 3.8) is 0 Å². The number of hydrogen-bond acceptors (Lipinski definition) is 2. The lowest BCUT2D eigenvalue weighted by Crippen LogP contribution is -2.28. The lowest BCUT2D eigenvalue weighted by molar-refractivity contribution is -0.119. The molecule has 28 heavy (non-hydrogen) atoms. The molecule has 1 aromatic carbocycles. The molecule has 3 rings (SSSR count). The number of fused-ring (bicyclic) bond motifs is 1. The molecule has 0 saturated carbocycles. The highest BCUT2D eigenvalue weighted by molar-refractivity contribution is 6.34. The van der Waals surface area contributed by atoms with Crippen molar-refractivity contribution < 1.29 is 4.79 Å². The van der Waals surface area contributed by atoms with E-state index < -0.39 is 0 Å². The van der Waals surface area contributed by atoms with Crippen LogP contribution >= 0.6 is 23.2 Å². The minimum absolute atomic E-state index is 0.0548. The molecule has 0 spiro atoms. The van der Waals surface area contributed by atoms with Crippen LogP contribution in [0, 0.1) is 23.7 Å². The zero-order valence-electron chi connectivity index (χ0n) is 15.6. The monoisotopic (exact) mass is 414 g/mol. The molecule has 1 aliphatic rings. The Bertz CT molecular complexity index is 1090. The van der Waals surface area contributed by atoms with E-state index in [4.69, 9.17) is 23.2 Å². The first-order valence-corrected chi connectivity index (χ1v) is 9.81. The molecular weight excluding hydrogens is 395 g/mol. The normalized spacial score (nSPS) is 17.3. The zero-order valence-corrected chi connectivity index (χ0v) is 17.1. The van der Waals surface area contributed by atoms with Crippen molar-refractivity contribution in [3.05, 3.63) is 63.6 Å². The smallest absolute Gasteiger partial charge is 0.255 e. The highest BCUT2D eigenvalue weighted by Gasteiger charge is 2.26. The second-order valence-electron chi connectivity index (χ2n) is 6.93. The van der Waals surface area contributed by atoms with Crippen LogP contribution in [-0.2, 0) is 4.79 Å². The van der Waals surface area contributed by atoms with Gasteiger partial charge in [-0.25, -0.2) is 0 Å². The molecule has 2 unspecified atom stereocenters. The van der Waals surface area contributed by atoms with E-state index in [9.17, 15) is 9.59 Å². The number of alkyl halides is 1. The van der Waals surface area contributed by atoms with Crippen LogP contribution in [0.25, 0.3) is 10.8 Å². The van der Waals surface area contributed by atoms with Gasteiger partial charge >= 0.3 is 0 Å². The molecule has 144 valence electrons. The van der Waals surface area contributed by atoms with Crippen molar-refractivity contribution in [2.75, 3.05) is 5.32 Å². The zero-order chi connectivity index (χ0) is 20.3. The van der Waals surface area contributed by atoms with Crippen LogP contribution in [0.5, 0.6) is 0 Å². The highest BCUT2D eigenvalue weighted by atomic mass is 35.5. The third kappa shape index (κ3) is 4.49. The van der Waals surface area contributed by atoms with Crippen LogP contribution < -0.4 is 10.9 Å². The maximum Gasteiger partial charge on any atom is 0.255 e. The van der Waals surface area contributed by atoms with E-state index in [1.165, 1.54) is 0 Å². The Kier molecular flexibility index (Phi) is 6.28. The van der Waals surface area contributed by atoms with Gasteiger partial charge in [0.05, 0.1) is 16.6 Å².